The summed E-state index contributed by atoms with van der Waals surface area (Å²) in [6.07, 6.45) is -3.58. The first kappa shape index (κ1) is 28.1. The van der Waals surface area contributed by atoms with Crippen LogP contribution in [0.15, 0.2) is 76.4 Å². The zero-order valence-electron chi connectivity index (χ0n) is 21.0. The Labute approximate surface area is 230 Å². The number of alkyl halides is 3. The summed E-state index contributed by atoms with van der Waals surface area (Å²) in [5, 5.41) is 5.33. The summed E-state index contributed by atoms with van der Waals surface area (Å²) in [5.41, 5.74) is -0.0374. The van der Waals surface area contributed by atoms with Crippen molar-refractivity contribution in [3.8, 4) is 22.3 Å². The first-order valence-corrected chi connectivity index (χ1v) is 12.6. The standard InChI is InChI=1S/C25H16Cl2F3N5O2.C2H6/c1-33-24(37)35-22(32-33)20(15-3-7-17(26)8-4-15)21(16-5-9-18(27)10-6-16)23(36)34(35)13-14-2-11-19(31-12-14)25(28,29)30;1-2/h2-12H,13H2,1H3;1-2H3. The van der Waals surface area contributed by atoms with Gasteiger partial charge in [-0.15, -0.1) is 5.10 Å². The van der Waals surface area contributed by atoms with Gasteiger partial charge in [-0.05, 0) is 47.0 Å². The monoisotopic (exact) mass is 575 g/mol. The third-order valence-corrected chi connectivity index (χ3v) is 6.28. The molecular weight excluding hydrogens is 554 g/mol. The summed E-state index contributed by atoms with van der Waals surface area (Å²) in [6.45, 7) is 3.77. The lowest BCUT2D eigenvalue weighted by Gasteiger charge is -2.16. The van der Waals surface area contributed by atoms with E-state index in [1.165, 1.54) is 13.1 Å². The lowest BCUT2D eigenvalue weighted by molar-refractivity contribution is -0.141. The van der Waals surface area contributed by atoms with Crippen molar-refractivity contribution in [1.29, 1.82) is 0 Å². The van der Waals surface area contributed by atoms with Crippen molar-refractivity contribution >= 4 is 28.8 Å². The molecular formula is C27H22Cl2F3N5O2. The van der Waals surface area contributed by atoms with Gasteiger partial charge in [-0.3, -0.25) is 9.78 Å². The average molecular weight is 576 g/mol. The molecule has 0 spiro atoms. The summed E-state index contributed by atoms with van der Waals surface area (Å²) in [4.78, 5) is 30.6. The number of hydrogen-bond donors (Lipinski definition) is 0. The number of pyridine rings is 1. The van der Waals surface area contributed by atoms with Gasteiger partial charge in [0.2, 0.25) is 0 Å². The molecule has 2 aromatic carbocycles. The molecule has 0 aliphatic heterocycles. The molecule has 0 radical (unpaired) electrons. The van der Waals surface area contributed by atoms with Gasteiger partial charge in [-0.25, -0.2) is 14.2 Å². The quantitative estimate of drug-likeness (QED) is 0.251. The third kappa shape index (κ3) is 5.48. The van der Waals surface area contributed by atoms with Gasteiger partial charge in [0, 0.05) is 28.9 Å². The van der Waals surface area contributed by atoms with Crippen LogP contribution in [0.2, 0.25) is 10.0 Å². The topological polar surface area (TPSA) is 74.2 Å². The Morgan fingerprint density at radius 3 is 1.85 bits per heavy atom. The van der Waals surface area contributed by atoms with E-state index in [1.807, 2.05) is 13.8 Å². The Morgan fingerprint density at radius 2 is 1.36 bits per heavy atom. The molecule has 0 unspecified atom stereocenters. The number of rotatable bonds is 4. The van der Waals surface area contributed by atoms with Crippen LogP contribution < -0.4 is 11.2 Å². The van der Waals surface area contributed by atoms with E-state index < -0.39 is 23.1 Å². The number of benzene rings is 2. The second-order valence-electron chi connectivity index (χ2n) is 8.22. The lowest BCUT2D eigenvalue weighted by atomic mass is 9.96. The second kappa shape index (κ2) is 11.1. The van der Waals surface area contributed by atoms with Crippen LogP contribution in [0, 0.1) is 0 Å². The molecule has 5 rings (SSSR count). The number of aromatic nitrogens is 5. The summed E-state index contributed by atoms with van der Waals surface area (Å²) in [6, 6.07) is 15.3. The Morgan fingerprint density at radius 1 is 0.821 bits per heavy atom. The maximum atomic E-state index is 14.0. The van der Waals surface area contributed by atoms with Crippen molar-refractivity contribution in [3.05, 3.63) is 109 Å². The van der Waals surface area contributed by atoms with Crippen LogP contribution in [0.3, 0.4) is 0 Å². The van der Waals surface area contributed by atoms with Crippen LogP contribution in [0.5, 0.6) is 0 Å². The fraction of sp³-hybridized carbons (Fsp3) is 0.185. The number of fused-ring (bicyclic) bond motifs is 1. The zero-order chi connectivity index (χ0) is 28.5. The first-order chi connectivity index (χ1) is 18.5. The molecule has 0 atom stereocenters. The molecule has 0 aliphatic carbocycles. The number of aryl methyl sites for hydroxylation is 1. The maximum Gasteiger partial charge on any atom is 0.433 e. The van der Waals surface area contributed by atoms with E-state index in [9.17, 15) is 22.8 Å². The van der Waals surface area contributed by atoms with Crippen LogP contribution in [0.1, 0.15) is 25.1 Å². The predicted molar refractivity (Wildman–Crippen MR) is 145 cm³/mol. The molecule has 0 bridgehead atoms. The van der Waals surface area contributed by atoms with Crippen LogP contribution in [0.4, 0.5) is 13.2 Å². The third-order valence-electron chi connectivity index (χ3n) is 5.78. The summed E-state index contributed by atoms with van der Waals surface area (Å²) >= 11 is 12.1. The second-order valence-corrected chi connectivity index (χ2v) is 9.09. The molecule has 7 nitrogen and oxygen atoms in total. The van der Waals surface area contributed by atoms with Gasteiger partial charge in [0.15, 0.2) is 5.65 Å². The minimum absolute atomic E-state index is 0.180. The normalized spacial score (nSPS) is 11.4. The van der Waals surface area contributed by atoms with Crippen molar-refractivity contribution in [3.63, 3.8) is 0 Å². The van der Waals surface area contributed by atoms with E-state index in [1.54, 1.807) is 48.5 Å². The average Bonchev–Trinajstić information content (AvgIpc) is 3.21. The molecule has 0 aliphatic rings. The Hall–Kier alpha value is -3.89. The highest BCUT2D eigenvalue weighted by Gasteiger charge is 2.32. The Balaban J connectivity index is 0.00000172. The van der Waals surface area contributed by atoms with Gasteiger partial charge >= 0.3 is 11.9 Å². The van der Waals surface area contributed by atoms with Gasteiger partial charge in [-0.2, -0.15) is 17.7 Å². The van der Waals surface area contributed by atoms with Gasteiger partial charge in [-0.1, -0.05) is 67.4 Å². The zero-order valence-corrected chi connectivity index (χ0v) is 22.5. The lowest BCUT2D eigenvalue weighted by Crippen LogP contribution is -2.35. The molecule has 0 N–H and O–H groups in total. The predicted octanol–water partition coefficient (Wildman–Crippen LogP) is 6.32. The maximum absolute atomic E-state index is 14.0. The molecule has 12 heteroatoms. The van der Waals surface area contributed by atoms with Gasteiger partial charge < -0.3 is 0 Å². The van der Waals surface area contributed by atoms with E-state index in [-0.39, 0.29) is 23.3 Å². The smallest absolute Gasteiger partial charge is 0.267 e. The Kier molecular flexibility index (Phi) is 7.99. The molecule has 3 heterocycles. The van der Waals surface area contributed by atoms with Crippen LogP contribution in [0.25, 0.3) is 27.9 Å². The van der Waals surface area contributed by atoms with Gasteiger partial charge in [0.25, 0.3) is 5.56 Å². The van der Waals surface area contributed by atoms with E-state index in [4.69, 9.17) is 23.2 Å². The fourth-order valence-corrected chi connectivity index (χ4v) is 4.29. The van der Waals surface area contributed by atoms with E-state index >= 15 is 0 Å². The number of hydrogen-bond acceptors (Lipinski definition) is 4. The molecule has 0 saturated carbocycles. The molecule has 202 valence electrons. The molecule has 0 amide bonds. The van der Waals surface area contributed by atoms with E-state index in [0.29, 0.717) is 26.7 Å². The molecule has 3 aromatic heterocycles. The van der Waals surface area contributed by atoms with Crippen molar-refractivity contribution in [2.75, 3.05) is 0 Å². The molecule has 0 fully saturated rings. The minimum Gasteiger partial charge on any atom is -0.267 e. The van der Waals surface area contributed by atoms with E-state index in [2.05, 4.69) is 10.1 Å². The molecule has 39 heavy (non-hydrogen) atoms. The van der Waals surface area contributed by atoms with Gasteiger partial charge in [0.1, 0.15) is 5.69 Å². The summed E-state index contributed by atoms with van der Waals surface area (Å²) < 4.78 is 42.3. The number of halogens is 5. The summed E-state index contributed by atoms with van der Waals surface area (Å²) in [5.74, 6) is 0. The van der Waals surface area contributed by atoms with Crippen molar-refractivity contribution in [2.45, 2.75) is 26.6 Å². The van der Waals surface area contributed by atoms with Crippen LogP contribution >= 0.6 is 23.2 Å². The SMILES string of the molecule is CC.Cn1nc2c(-c3ccc(Cl)cc3)c(-c3ccc(Cl)cc3)c(=O)n(Cc3ccc(C(F)(F)F)nc3)n2c1=O. The van der Waals surface area contributed by atoms with Crippen LogP contribution in [-0.4, -0.2) is 24.0 Å². The van der Waals surface area contributed by atoms with Crippen molar-refractivity contribution in [1.82, 2.24) is 24.0 Å². The minimum atomic E-state index is -4.61. The highest BCUT2D eigenvalue weighted by Crippen LogP contribution is 2.34. The largest absolute Gasteiger partial charge is 0.433 e. The molecule has 0 saturated heterocycles. The van der Waals surface area contributed by atoms with Gasteiger partial charge in [0.05, 0.1) is 12.1 Å². The van der Waals surface area contributed by atoms with E-state index in [0.717, 1.165) is 26.1 Å². The summed E-state index contributed by atoms with van der Waals surface area (Å²) in [7, 11) is 1.44. The fourth-order valence-electron chi connectivity index (χ4n) is 4.04. The number of nitrogens with zero attached hydrogens (tertiary/aromatic N) is 5. The highest BCUT2D eigenvalue weighted by atomic mass is 35.5. The highest BCUT2D eigenvalue weighted by molar-refractivity contribution is 6.31. The molecule has 5 aromatic rings. The van der Waals surface area contributed by atoms with Crippen LogP contribution in [-0.2, 0) is 19.8 Å². The van der Waals surface area contributed by atoms with Crippen molar-refractivity contribution in [2.24, 2.45) is 7.05 Å². The first-order valence-electron chi connectivity index (χ1n) is 11.8. The Bertz CT molecular complexity index is 1740. The van der Waals surface area contributed by atoms with Crippen molar-refractivity contribution < 1.29 is 13.2 Å².